The van der Waals surface area contributed by atoms with Crippen LogP contribution < -0.4 is 14.9 Å². The van der Waals surface area contributed by atoms with Crippen LogP contribution in [0.5, 0.6) is 0 Å². The van der Waals surface area contributed by atoms with Gasteiger partial charge in [-0.3, -0.25) is 4.79 Å². The zero-order valence-electron chi connectivity index (χ0n) is 15.6. The quantitative estimate of drug-likeness (QED) is 0.702. The van der Waals surface area contributed by atoms with E-state index < -0.39 is 10.0 Å². The molecular formula is C18H28ClN3O4S. The van der Waals surface area contributed by atoms with Crippen molar-refractivity contribution in [2.45, 2.75) is 30.6 Å². The molecule has 0 aromatic heterocycles. The van der Waals surface area contributed by atoms with Crippen LogP contribution in [0, 0.1) is 5.41 Å². The van der Waals surface area contributed by atoms with Gasteiger partial charge in [0, 0.05) is 37.7 Å². The number of rotatable bonds is 7. The number of hydrogen-bond donors (Lipinski definition) is 2. The van der Waals surface area contributed by atoms with Crippen LogP contribution in [0.25, 0.3) is 0 Å². The second-order valence-electron chi connectivity index (χ2n) is 7.15. The fraction of sp³-hybridized carbons (Fsp3) is 0.611. The predicted octanol–water partition coefficient (Wildman–Crippen LogP) is 1.53. The van der Waals surface area contributed by atoms with Crippen molar-refractivity contribution in [1.29, 1.82) is 0 Å². The maximum absolute atomic E-state index is 12.7. The Morgan fingerprint density at radius 3 is 2.44 bits per heavy atom. The van der Waals surface area contributed by atoms with E-state index in [1.165, 1.54) is 0 Å². The molecule has 9 heteroatoms. The normalized spacial score (nSPS) is 19.7. The molecule has 1 aromatic carbocycles. The maximum Gasteiger partial charge on any atom is 0.240 e. The Balaban J connectivity index is 0.00000261. The smallest absolute Gasteiger partial charge is 0.240 e. The Morgan fingerprint density at radius 1 is 1.22 bits per heavy atom. The number of sulfonamides is 1. The average molecular weight is 418 g/mol. The van der Waals surface area contributed by atoms with Crippen LogP contribution in [0.3, 0.4) is 0 Å². The first-order chi connectivity index (χ1) is 12.5. The summed E-state index contributed by atoms with van der Waals surface area (Å²) in [5, 5.41) is 3.30. The molecule has 2 fully saturated rings. The molecule has 0 unspecified atom stereocenters. The van der Waals surface area contributed by atoms with Crippen molar-refractivity contribution >= 4 is 34.0 Å². The van der Waals surface area contributed by atoms with Crippen molar-refractivity contribution in [3.8, 4) is 0 Å². The number of piperidine rings is 1. The summed E-state index contributed by atoms with van der Waals surface area (Å²) in [6.45, 7) is 3.31. The Hall–Kier alpha value is -1.19. The van der Waals surface area contributed by atoms with Crippen molar-refractivity contribution in [2.75, 3.05) is 44.8 Å². The van der Waals surface area contributed by atoms with E-state index in [4.69, 9.17) is 4.74 Å². The zero-order chi connectivity index (χ0) is 18.6. The van der Waals surface area contributed by atoms with Gasteiger partial charge in [-0.05, 0) is 56.6 Å². The van der Waals surface area contributed by atoms with Crippen molar-refractivity contribution < 1.29 is 17.9 Å². The largest absolute Gasteiger partial charge is 0.384 e. The lowest BCUT2D eigenvalue weighted by Gasteiger charge is -2.37. The highest BCUT2D eigenvalue weighted by molar-refractivity contribution is 7.89. The summed E-state index contributed by atoms with van der Waals surface area (Å²) in [5.41, 5.74) is 0.579. The third-order valence-corrected chi connectivity index (χ3v) is 6.70. The van der Waals surface area contributed by atoms with Gasteiger partial charge >= 0.3 is 0 Å². The molecule has 2 aliphatic heterocycles. The molecule has 2 heterocycles. The molecule has 152 valence electrons. The minimum absolute atomic E-state index is 0. The number of methoxy groups -OCH3 is 1. The maximum atomic E-state index is 12.7. The van der Waals surface area contributed by atoms with Crippen LogP contribution in [0.4, 0.5) is 5.69 Å². The van der Waals surface area contributed by atoms with Gasteiger partial charge in [-0.2, -0.15) is 0 Å². The summed E-state index contributed by atoms with van der Waals surface area (Å²) in [5.74, 6) is 0.0890. The standard InChI is InChI=1S/C18H27N3O4S.ClH/c1-25-14-18(8-10-19-11-9-18)13-20-26(23,24)16-6-4-15(5-7-16)21-12-2-3-17(21)22;/h4-7,19-20H,2-3,8-14H2,1H3;1H. The Bertz CT molecular complexity index is 728. The van der Waals surface area contributed by atoms with Crippen molar-refractivity contribution in [1.82, 2.24) is 10.0 Å². The lowest BCUT2D eigenvalue weighted by atomic mass is 9.80. The van der Waals surface area contributed by atoms with E-state index in [0.717, 1.165) is 38.0 Å². The number of nitrogens with zero attached hydrogens (tertiary/aromatic N) is 1. The van der Waals surface area contributed by atoms with Gasteiger partial charge in [0.25, 0.3) is 0 Å². The van der Waals surface area contributed by atoms with Gasteiger partial charge in [0.1, 0.15) is 0 Å². The van der Waals surface area contributed by atoms with E-state index in [-0.39, 0.29) is 28.6 Å². The van der Waals surface area contributed by atoms with Crippen LogP contribution in [0.2, 0.25) is 0 Å². The molecule has 0 aliphatic carbocycles. The molecular weight excluding hydrogens is 390 g/mol. The molecule has 0 radical (unpaired) electrons. The van der Waals surface area contributed by atoms with E-state index in [0.29, 0.717) is 26.1 Å². The summed E-state index contributed by atoms with van der Waals surface area (Å²) in [6.07, 6.45) is 3.15. The lowest BCUT2D eigenvalue weighted by molar-refractivity contribution is -0.117. The highest BCUT2D eigenvalue weighted by Gasteiger charge is 2.33. The van der Waals surface area contributed by atoms with Gasteiger partial charge in [-0.1, -0.05) is 0 Å². The zero-order valence-corrected chi connectivity index (χ0v) is 17.2. The SMILES string of the molecule is COCC1(CNS(=O)(=O)c2ccc(N3CCCC3=O)cc2)CCNCC1.Cl. The Kier molecular flexibility index (Phi) is 7.64. The number of nitrogens with one attached hydrogen (secondary N) is 2. The number of carbonyl (C=O) groups excluding carboxylic acids is 1. The topological polar surface area (TPSA) is 87.7 Å². The van der Waals surface area contributed by atoms with Crippen LogP contribution in [-0.2, 0) is 19.6 Å². The molecule has 0 bridgehead atoms. The van der Waals surface area contributed by atoms with Crippen molar-refractivity contribution in [2.24, 2.45) is 5.41 Å². The molecule has 27 heavy (non-hydrogen) atoms. The first kappa shape index (κ1) is 22.1. The monoisotopic (exact) mass is 417 g/mol. The van der Waals surface area contributed by atoms with Gasteiger partial charge in [0.2, 0.25) is 15.9 Å². The predicted molar refractivity (Wildman–Crippen MR) is 107 cm³/mol. The van der Waals surface area contributed by atoms with E-state index in [1.54, 1.807) is 36.3 Å². The number of anilines is 1. The molecule has 3 rings (SSSR count). The molecule has 2 saturated heterocycles. The molecule has 1 amide bonds. The molecule has 0 atom stereocenters. The average Bonchev–Trinajstić information content (AvgIpc) is 3.07. The number of ether oxygens (including phenoxy) is 1. The first-order valence-corrected chi connectivity index (χ1v) is 10.5. The lowest BCUT2D eigenvalue weighted by Crippen LogP contribution is -2.47. The molecule has 7 nitrogen and oxygen atoms in total. The number of benzene rings is 1. The van der Waals surface area contributed by atoms with Crippen molar-refractivity contribution in [3.05, 3.63) is 24.3 Å². The van der Waals surface area contributed by atoms with Crippen LogP contribution in [0.15, 0.2) is 29.2 Å². The third kappa shape index (κ3) is 5.20. The number of halogens is 1. The van der Waals surface area contributed by atoms with Crippen LogP contribution in [-0.4, -0.2) is 54.2 Å². The summed E-state index contributed by atoms with van der Waals surface area (Å²) in [7, 11) is -1.95. The Labute approximate surface area is 167 Å². The van der Waals surface area contributed by atoms with Gasteiger partial charge in [-0.15, -0.1) is 12.4 Å². The second-order valence-corrected chi connectivity index (χ2v) is 8.92. The van der Waals surface area contributed by atoms with Gasteiger partial charge in [0.05, 0.1) is 11.5 Å². The molecule has 0 saturated carbocycles. The highest BCUT2D eigenvalue weighted by atomic mass is 35.5. The summed E-state index contributed by atoms with van der Waals surface area (Å²) in [4.78, 5) is 13.7. The fourth-order valence-electron chi connectivity index (χ4n) is 3.69. The first-order valence-electron chi connectivity index (χ1n) is 9.06. The minimum atomic E-state index is -3.60. The van der Waals surface area contributed by atoms with E-state index >= 15 is 0 Å². The van der Waals surface area contributed by atoms with E-state index in [2.05, 4.69) is 10.0 Å². The second kappa shape index (κ2) is 9.34. The summed E-state index contributed by atoms with van der Waals surface area (Å²) >= 11 is 0. The molecule has 2 N–H and O–H groups in total. The molecule has 0 spiro atoms. The third-order valence-electron chi connectivity index (χ3n) is 5.28. The molecule has 2 aliphatic rings. The Morgan fingerprint density at radius 2 is 1.89 bits per heavy atom. The molecule has 1 aromatic rings. The van der Waals surface area contributed by atoms with E-state index in [9.17, 15) is 13.2 Å². The number of hydrogen-bond acceptors (Lipinski definition) is 5. The van der Waals surface area contributed by atoms with Gasteiger partial charge < -0.3 is 15.0 Å². The van der Waals surface area contributed by atoms with Gasteiger partial charge in [-0.25, -0.2) is 13.1 Å². The van der Waals surface area contributed by atoms with Crippen LogP contribution >= 0.6 is 12.4 Å². The van der Waals surface area contributed by atoms with Crippen molar-refractivity contribution in [3.63, 3.8) is 0 Å². The fourth-order valence-corrected chi connectivity index (χ4v) is 4.85. The van der Waals surface area contributed by atoms with E-state index in [1.807, 2.05) is 0 Å². The highest BCUT2D eigenvalue weighted by Crippen LogP contribution is 2.29. The summed E-state index contributed by atoms with van der Waals surface area (Å²) < 4.78 is 33.4. The number of carbonyl (C=O) groups is 1. The van der Waals surface area contributed by atoms with Crippen LogP contribution in [0.1, 0.15) is 25.7 Å². The summed E-state index contributed by atoms with van der Waals surface area (Å²) in [6, 6.07) is 6.53. The number of amides is 1. The minimum Gasteiger partial charge on any atom is -0.384 e. The van der Waals surface area contributed by atoms with Gasteiger partial charge in [0.15, 0.2) is 0 Å².